The molecule has 1 aromatic carbocycles. The van der Waals surface area contributed by atoms with Crippen molar-refractivity contribution in [3.05, 3.63) is 27.4 Å². The first-order chi connectivity index (χ1) is 8.77. The topological polar surface area (TPSA) is 70.6 Å². The molecular formula is C12H16BrClFN3O. The van der Waals surface area contributed by atoms with Gasteiger partial charge in [0.15, 0.2) is 0 Å². The Hall–Kier alpha value is -1.01. The Morgan fingerprint density at radius 3 is 2.74 bits per heavy atom. The average molecular weight is 353 g/mol. The third-order valence-electron chi connectivity index (χ3n) is 2.86. The van der Waals surface area contributed by atoms with Crippen LogP contribution in [0.1, 0.15) is 20.3 Å². The van der Waals surface area contributed by atoms with Gasteiger partial charge in [-0.25, -0.2) is 4.39 Å². The molecule has 0 heterocycles. The van der Waals surface area contributed by atoms with E-state index in [0.717, 1.165) is 0 Å². The van der Waals surface area contributed by atoms with E-state index in [4.69, 9.17) is 22.5 Å². The number of oxime groups is 1. The molecule has 0 aliphatic carbocycles. The minimum absolute atomic E-state index is 0.165. The zero-order valence-corrected chi connectivity index (χ0v) is 13.0. The van der Waals surface area contributed by atoms with Crippen LogP contribution in [0.3, 0.4) is 0 Å². The van der Waals surface area contributed by atoms with Gasteiger partial charge in [0, 0.05) is 16.4 Å². The minimum atomic E-state index is -0.444. The number of halogens is 3. The van der Waals surface area contributed by atoms with Crippen LogP contribution in [0.5, 0.6) is 0 Å². The summed E-state index contributed by atoms with van der Waals surface area (Å²) in [7, 11) is 0. The standard InChI is InChI=1S/C12H16BrClFN3O/c1-12(2,11(16)18-19)3-4-17-10-8(13)5-7(15)6-9(10)14/h5-6,17,19H,3-4H2,1-2H3,(H2,16,18). The molecule has 1 aromatic rings. The summed E-state index contributed by atoms with van der Waals surface area (Å²) in [6, 6.07) is 2.58. The summed E-state index contributed by atoms with van der Waals surface area (Å²) in [5, 5.41) is 15.1. The lowest BCUT2D eigenvalue weighted by molar-refractivity contribution is 0.306. The summed E-state index contributed by atoms with van der Waals surface area (Å²) in [6.45, 7) is 4.28. The number of nitrogens with zero attached hydrogens (tertiary/aromatic N) is 1. The molecule has 4 nitrogen and oxygen atoms in total. The molecule has 0 unspecified atom stereocenters. The number of amidine groups is 1. The Morgan fingerprint density at radius 1 is 1.58 bits per heavy atom. The maximum atomic E-state index is 13.1. The van der Waals surface area contributed by atoms with E-state index in [1.54, 1.807) is 0 Å². The highest BCUT2D eigenvalue weighted by atomic mass is 79.9. The van der Waals surface area contributed by atoms with Crippen LogP contribution in [0.15, 0.2) is 21.8 Å². The second-order valence-corrected chi connectivity index (χ2v) is 6.05. The van der Waals surface area contributed by atoms with Crippen LogP contribution < -0.4 is 11.1 Å². The minimum Gasteiger partial charge on any atom is -0.409 e. The van der Waals surface area contributed by atoms with Crippen molar-refractivity contribution in [1.29, 1.82) is 0 Å². The highest BCUT2D eigenvalue weighted by Gasteiger charge is 2.23. The van der Waals surface area contributed by atoms with E-state index in [2.05, 4.69) is 26.4 Å². The third-order valence-corrected chi connectivity index (χ3v) is 3.78. The van der Waals surface area contributed by atoms with Crippen LogP contribution in [0, 0.1) is 11.2 Å². The highest BCUT2D eigenvalue weighted by molar-refractivity contribution is 9.10. The van der Waals surface area contributed by atoms with Gasteiger partial charge in [-0.2, -0.15) is 0 Å². The van der Waals surface area contributed by atoms with E-state index >= 15 is 0 Å². The van der Waals surface area contributed by atoms with Crippen molar-refractivity contribution in [3.8, 4) is 0 Å². The molecular weight excluding hydrogens is 337 g/mol. The molecule has 0 aliphatic rings. The average Bonchev–Trinajstić information content (AvgIpc) is 2.31. The van der Waals surface area contributed by atoms with Crippen molar-refractivity contribution in [3.63, 3.8) is 0 Å². The maximum absolute atomic E-state index is 13.1. The quantitative estimate of drug-likeness (QED) is 0.326. The number of benzene rings is 1. The lowest BCUT2D eigenvalue weighted by atomic mass is 9.88. The molecule has 0 spiro atoms. The summed E-state index contributed by atoms with van der Waals surface area (Å²) in [4.78, 5) is 0. The molecule has 0 radical (unpaired) electrons. The molecule has 0 aromatic heterocycles. The first-order valence-corrected chi connectivity index (χ1v) is 6.81. The van der Waals surface area contributed by atoms with E-state index in [1.165, 1.54) is 12.1 Å². The van der Waals surface area contributed by atoms with Crippen molar-refractivity contribution >= 4 is 39.1 Å². The van der Waals surface area contributed by atoms with Crippen molar-refractivity contribution in [2.45, 2.75) is 20.3 Å². The van der Waals surface area contributed by atoms with Gasteiger partial charge in [-0.1, -0.05) is 30.6 Å². The first-order valence-electron chi connectivity index (χ1n) is 5.64. The van der Waals surface area contributed by atoms with E-state index in [1.807, 2.05) is 13.8 Å². The fraction of sp³-hybridized carbons (Fsp3) is 0.417. The number of rotatable bonds is 5. The largest absolute Gasteiger partial charge is 0.409 e. The zero-order chi connectivity index (χ0) is 14.6. The fourth-order valence-electron chi connectivity index (χ4n) is 1.47. The van der Waals surface area contributed by atoms with Gasteiger partial charge in [0.1, 0.15) is 11.7 Å². The van der Waals surface area contributed by atoms with Crippen molar-refractivity contribution in [1.82, 2.24) is 0 Å². The van der Waals surface area contributed by atoms with E-state index in [0.29, 0.717) is 28.1 Å². The molecule has 19 heavy (non-hydrogen) atoms. The third kappa shape index (κ3) is 4.24. The van der Waals surface area contributed by atoms with Gasteiger partial charge in [-0.15, -0.1) is 0 Å². The lowest BCUT2D eigenvalue weighted by Gasteiger charge is -2.23. The first kappa shape index (κ1) is 16.0. The second kappa shape index (κ2) is 6.43. The molecule has 0 aliphatic heterocycles. The monoisotopic (exact) mass is 351 g/mol. The number of anilines is 1. The zero-order valence-electron chi connectivity index (χ0n) is 10.7. The molecule has 4 N–H and O–H groups in total. The van der Waals surface area contributed by atoms with E-state index in [-0.39, 0.29) is 5.84 Å². The number of hydrogen-bond acceptors (Lipinski definition) is 3. The normalized spacial score (nSPS) is 12.6. The Kier molecular flexibility index (Phi) is 5.43. The predicted molar refractivity (Wildman–Crippen MR) is 79.4 cm³/mol. The molecule has 106 valence electrons. The SMILES string of the molecule is CC(C)(CCNc1c(Cl)cc(F)cc1Br)C(N)=NO. The Morgan fingerprint density at radius 2 is 2.21 bits per heavy atom. The lowest BCUT2D eigenvalue weighted by Crippen LogP contribution is -2.33. The molecule has 0 amide bonds. The predicted octanol–water partition coefficient (Wildman–Crippen LogP) is 3.82. The summed E-state index contributed by atoms with van der Waals surface area (Å²) < 4.78 is 13.6. The Bertz CT molecular complexity index is 471. The molecule has 0 saturated heterocycles. The molecule has 1 rings (SSSR count). The van der Waals surface area contributed by atoms with Crippen LogP contribution in [-0.2, 0) is 0 Å². The Labute approximate surface area is 124 Å². The fourth-order valence-corrected chi connectivity index (χ4v) is 2.43. The molecule has 0 bridgehead atoms. The second-order valence-electron chi connectivity index (χ2n) is 4.79. The van der Waals surface area contributed by atoms with Gasteiger partial charge in [0.2, 0.25) is 0 Å². The van der Waals surface area contributed by atoms with Crippen molar-refractivity contribution < 1.29 is 9.60 Å². The summed E-state index contributed by atoms with van der Waals surface area (Å²) in [6.07, 6.45) is 0.628. The summed E-state index contributed by atoms with van der Waals surface area (Å²) >= 11 is 9.20. The van der Waals surface area contributed by atoms with Crippen LogP contribution in [0.2, 0.25) is 5.02 Å². The van der Waals surface area contributed by atoms with Crippen LogP contribution in [-0.4, -0.2) is 17.6 Å². The number of nitrogens with two attached hydrogens (primary N) is 1. The van der Waals surface area contributed by atoms with Gasteiger partial charge >= 0.3 is 0 Å². The van der Waals surface area contributed by atoms with Crippen LogP contribution in [0.25, 0.3) is 0 Å². The van der Waals surface area contributed by atoms with Crippen molar-refractivity contribution in [2.24, 2.45) is 16.3 Å². The van der Waals surface area contributed by atoms with E-state index < -0.39 is 11.2 Å². The van der Waals surface area contributed by atoms with Gasteiger partial charge in [-0.3, -0.25) is 0 Å². The van der Waals surface area contributed by atoms with Crippen molar-refractivity contribution in [2.75, 3.05) is 11.9 Å². The molecule has 0 saturated carbocycles. The molecule has 0 atom stereocenters. The van der Waals surface area contributed by atoms with Gasteiger partial charge in [0.25, 0.3) is 0 Å². The maximum Gasteiger partial charge on any atom is 0.144 e. The molecule has 7 heteroatoms. The number of hydrogen-bond donors (Lipinski definition) is 3. The highest BCUT2D eigenvalue weighted by Crippen LogP contribution is 2.32. The summed E-state index contributed by atoms with van der Waals surface area (Å²) in [5.41, 5.74) is 5.78. The smallest absolute Gasteiger partial charge is 0.144 e. The van der Waals surface area contributed by atoms with Gasteiger partial charge < -0.3 is 16.3 Å². The Balaban J connectivity index is 2.69. The van der Waals surface area contributed by atoms with Crippen LogP contribution >= 0.6 is 27.5 Å². The van der Waals surface area contributed by atoms with E-state index in [9.17, 15) is 4.39 Å². The van der Waals surface area contributed by atoms with Gasteiger partial charge in [0.05, 0.1) is 10.7 Å². The number of nitrogens with one attached hydrogen (secondary N) is 1. The van der Waals surface area contributed by atoms with Crippen LogP contribution in [0.4, 0.5) is 10.1 Å². The molecule has 0 fully saturated rings. The van der Waals surface area contributed by atoms with Gasteiger partial charge in [-0.05, 0) is 34.5 Å². The summed E-state index contributed by atoms with van der Waals surface area (Å²) in [5.74, 6) is -0.238.